The number of nitrogens with zero attached hydrogens (tertiary/aromatic N) is 2. The summed E-state index contributed by atoms with van der Waals surface area (Å²) in [5, 5.41) is 0.979. The summed E-state index contributed by atoms with van der Waals surface area (Å²) in [6.07, 6.45) is 1.66. The highest BCUT2D eigenvalue weighted by Crippen LogP contribution is 2.33. The fraction of sp³-hybridized carbons (Fsp3) is 0.179. The Balaban J connectivity index is 1.64. The predicted octanol–water partition coefficient (Wildman–Crippen LogP) is 5.37. The molecule has 0 saturated carbocycles. The quantitative estimate of drug-likeness (QED) is 0.292. The van der Waals surface area contributed by atoms with Crippen LogP contribution in [0.3, 0.4) is 0 Å². The third-order valence-corrected chi connectivity index (χ3v) is 7.55. The first-order chi connectivity index (χ1) is 18.3. The monoisotopic (exact) mass is 568 g/mol. The zero-order valence-corrected chi connectivity index (χ0v) is 23.0. The number of rotatable bonds is 6. The Kier molecular flexibility index (Phi) is 7.29. The molecule has 1 aliphatic rings. The van der Waals surface area contributed by atoms with Crippen molar-refractivity contribution in [2.75, 3.05) is 13.7 Å². The number of thiazole rings is 1. The van der Waals surface area contributed by atoms with E-state index in [1.54, 1.807) is 69.5 Å². The maximum atomic E-state index is 13.8. The Morgan fingerprint density at radius 3 is 2.74 bits per heavy atom. The van der Waals surface area contributed by atoms with E-state index in [2.05, 4.69) is 4.99 Å². The minimum absolute atomic E-state index is 0.198. The fourth-order valence-corrected chi connectivity index (χ4v) is 5.84. The molecule has 10 heteroatoms. The number of aromatic nitrogens is 1. The SMILES string of the molecule is CCOC(=O)C1=C(C)N=c2s/c(=C\c3ccc(-c4ccc(Cl)cc4Cl)o3)c(=O)n2C1c1cccc(OC)c1. The summed E-state index contributed by atoms with van der Waals surface area (Å²) in [5.41, 5.74) is 1.87. The number of hydrogen-bond acceptors (Lipinski definition) is 7. The summed E-state index contributed by atoms with van der Waals surface area (Å²) in [5.74, 6) is 1.09. The number of hydrogen-bond donors (Lipinski definition) is 0. The van der Waals surface area contributed by atoms with Crippen LogP contribution in [0.2, 0.25) is 10.0 Å². The van der Waals surface area contributed by atoms with Crippen molar-refractivity contribution in [3.05, 3.63) is 107 Å². The third kappa shape index (κ3) is 4.82. The lowest BCUT2D eigenvalue weighted by molar-refractivity contribution is -0.139. The van der Waals surface area contributed by atoms with Crippen molar-refractivity contribution in [1.29, 1.82) is 0 Å². The smallest absolute Gasteiger partial charge is 0.338 e. The molecule has 194 valence electrons. The second-order valence-corrected chi connectivity index (χ2v) is 10.3. The van der Waals surface area contributed by atoms with E-state index in [0.717, 1.165) is 0 Å². The van der Waals surface area contributed by atoms with Gasteiger partial charge in [0.1, 0.15) is 17.3 Å². The number of benzene rings is 2. The van der Waals surface area contributed by atoms with Crippen molar-refractivity contribution >= 4 is 46.6 Å². The molecule has 0 bridgehead atoms. The molecule has 38 heavy (non-hydrogen) atoms. The second kappa shape index (κ2) is 10.6. The van der Waals surface area contributed by atoms with Crippen LogP contribution in [0.25, 0.3) is 17.4 Å². The number of esters is 1. The van der Waals surface area contributed by atoms with E-state index in [1.165, 1.54) is 15.9 Å². The molecule has 2 aromatic heterocycles. The maximum absolute atomic E-state index is 13.8. The third-order valence-electron chi connectivity index (χ3n) is 6.02. The van der Waals surface area contributed by atoms with Gasteiger partial charge in [0, 0.05) is 16.7 Å². The van der Waals surface area contributed by atoms with Gasteiger partial charge in [-0.15, -0.1) is 0 Å². The second-order valence-electron chi connectivity index (χ2n) is 8.41. The molecule has 2 aromatic carbocycles. The van der Waals surface area contributed by atoms with Crippen molar-refractivity contribution in [3.8, 4) is 17.1 Å². The van der Waals surface area contributed by atoms with Gasteiger partial charge >= 0.3 is 5.97 Å². The summed E-state index contributed by atoms with van der Waals surface area (Å²) in [6.45, 7) is 3.67. The highest BCUT2D eigenvalue weighted by molar-refractivity contribution is 7.07. The number of carbonyl (C=O) groups is 1. The first-order valence-electron chi connectivity index (χ1n) is 11.7. The largest absolute Gasteiger partial charge is 0.497 e. The van der Waals surface area contributed by atoms with Crippen molar-refractivity contribution in [3.63, 3.8) is 0 Å². The lowest BCUT2D eigenvalue weighted by Gasteiger charge is -2.24. The van der Waals surface area contributed by atoms with Gasteiger partial charge in [-0.2, -0.15) is 0 Å². The molecule has 0 N–H and O–H groups in total. The number of halogens is 2. The van der Waals surface area contributed by atoms with Crippen LogP contribution in [-0.2, 0) is 9.53 Å². The van der Waals surface area contributed by atoms with Gasteiger partial charge in [-0.3, -0.25) is 9.36 Å². The van der Waals surface area contributed by atoms with Gasteiger partial charge in [-0.1, -0.05) is 46.7 Å². The Morgan fingerprint density at radius 2 is 2.00 bits per heavy atom. The lowest BCUT2D eigenvalue weighted by atomic mass is 9.95. The van der Waals surface area contributed by atoms with E-state index >= 15 is 0 Å². The zero-order chi connectivity index (χ0) is 27.0. The summed E-state index contributed by atoms with van der Waals surface area (Å²) in [4.78, 5) is 31.8. The predicted molar refractivity (Wildman–Crippen MR) is 148 cm³/mol. The summed E-state index contributed by atoms with van der Waals surface area (Å²) in [6, 6.07) is 15.2. The van der Waals surface area contributed by atoms with Gasteiger partial charge in [-0.05, 0) is 61.9 Å². The molecular weight excluding hydrogens is 547 g/mol. The molecule has 0 spiro atoms. The van der Waals surface area contributed by atoms with E-state index in [1.807, 2.05) is 12.1 Å². The van der Waals surface area contributed by atoms with Crippen LogP contribution in [0, 0.1) is 0 Å². The Hall–Kier alpha value is -3.59. The summed E-state index contributed by atoms with van der Waals surface area (Å²) < 4.78 is 18.6. The molecule has 3 heterocycles. The Labute approximate surface area is 231 Å². The number of methoxy groups -OCH3 is 1. The number of carbonyl (C=O) groups excluding carboxylic acids is 1. The van der Waals surface area contributed by atoms with E-state index < -0.39 is 12.0 Å². The van der Waals surface area contributed by atoms with Crippen LogP contribution in [0.15, 0.2) is 80.1 Å². The standard InChI is InChI=1S/C28H22Cl2N2O5S/c1-4-36-27(34)24-15(2)31-28-32(25(24)16-6-5-7-18(12-16)35-3)26(33)23(38-28)14-19-9-11-22(37-19)20-10-8-17(29)13-21(20)30/h5-14,25H,4H2,1-3H3/b23-14-. The normalized spacial score (nSPS) is 15.3. The van der Waals surface area contributed by atoms with Crippen LogP contribution < -0.4 is 19.6 Å². The minimum Gasteiger partial charge on any atom is -0.497 e. The van der Waals surface area contributed by atoms with Crippen LogP contribution >= 0.6 is 34.5 Å². The molecule has 0 aliphatic carbocycles. The van der Waals surface area contributed by atoms with Gasteiger partial charge in [-0.25, -0.2) is 9.79 Å². The number of allylic oxidation sites excluding steroid dienone is 1. The minimum atomic E-state index is -0.734. The van der Waals surface area contributed by atoms with Crippen LogP contribution in [0.4, 0.5) is 0 Å². The molecule has 0 amide bonds. The van der Waals surface area contributed by atoms with Crippen LogP contribution in [0.5, 0.6) is 5.75 Å². The molecule has 5 rings (SSSR count). The molecule has 7 nitrogen and oxygen atoms in total. The lowest BCUT2D eigenvalue weighted by Crippen LogP contribution is -2.39. The first kappa shape index (κ1) is 26.0. The van der Waals surface area contributed by atoms with Crippen molar-refractivity contribution in [2.45, 2.75) is 19.9 Å². The fourth-order valence-electron chi connectivity index (χ4n) is 4.31. The van der Waals surface area contributed by atoms with E-state index in [9.17, 15) is 9.59 Å². The van der Waals surface area contributed by atoms with Crippen molar-refractivity contribution < 1.29 is 18.7 Å². The highest BCUT2D eigenvalue weighted by atomic mass is 35.5. The molecular formula is C28H22Cl2N2O5S. The average molecular weight is 569 g/mol. The topological polar surface area (TPSA) is 83.0 Å². The zero-order valence-electron chi connectivity index (χ0n) is 20.7. The molecule has 0 fully saturated rings. The molecule has 4 aromatic rings. The average Bonchev–Trinajstić information content (AvgIpc) is 3.47. The Morgan fingerprint density at radius 1 is 1.18 bits per heavy atom. The first-order valence-corrected chi connectivity index (χ1v) is 13.3. The molecule has 0 radical (unpaired) electrons. The summed E-state index contributed by atoms with van der Waals surface area (Å²) in [7, 11) is 1.56. The molecule has 1 atom stereocenters. The van der Waals surface area contributed by atoms with Gasteiger partial charge < -0.3 is 13.9 Å². The maximum Gasteiger partial charge on any atom is 0.338 e. The van der Waals surface area contributed by atoms with Crippen molar-refractivity contribution in [1.82, 2.24) is 4.57 Å². The molecule has 1 unspecified atom stereocenters. The van der Waals surface area contributed by atoms with Gasteiger partial charge in [0.15, 0.2) is 4.80 Å². The van der Waals surface area contributed by atoms with Gasteiger partial charge in [0.05, 0.1) is 40.6 Å². The van der Waals surface area contributed by atoms with E-state index in [4.69, 9.17) is 37.1 Å². The molecule has 1 aliphatic heterocycles. The highest BCUT2D eigenvalue weighted by Gasteiger charge is 2.33. The molecule has 0 saturated heterocycles. The Bertz CT molecular complexity index is 1770. The number of fused-ring (bicyclic) bond motifs is 1. The summed E-state index contributed by atoms with van der Waals surface area (Å²) >= 11 is 13.6. The number of furan rings is 1. The van der Waals surface area contributed by atoms with E-state index in [-0.39, 0.29) is 12.2 Å². The van der Waals surface area contributed by atoms with Crippen molar-refractivity contribution in [2.24, 2.45) is 4.99 Å². The van der Waals surface area contributed by atoms with Gasteiger partial charge in [0.25, 0.3) is 5.56 Å². The van der Waals surface area contributed by atoms with Crippen LogP contribution in [0.1, 0.15) is 31.2 Å². The van der Waals surface area contributed by atoms with Crippen LogP contribution in [-0.4, -0.2) is 24.3 Å². The number of ether oxygens (including phenoxy) is 2. The van der Waals surface area contributed by atoms with E-state index in [0.29, 0.717) is 59.0 Å². The van der Waals surface area contributed by atoms with Gasteiger partial charge in [0.2, 0.25) is 0 Å².